The van der Waals surface area contributed by atoms with E-state index in [1.165, 1.54) is 0 Å². The molecule has 0 aromatic heterocycles. The monoisotopic (exact) mass is 208 g/mol. The lowest BCUT2D eigenvalue weighted by Gasteiger charge is -2.50. The fourth-order valence-electron chi connectivity index (χ4n) is 1.09. The van der Waals surface area contributed by atoms with Crippen LogP contribution in [0.2, 0.25) is 0 Å². The van der Waals surface area contributed by atoms with Gasteiger partial charge in [0, 0.05) is 0 Å². The lowest BCUT2D eigenvalue weighted by Crippen LogP contribution is -2.72. The van der Waals surface area contributed by atoms with Crippen molar-refractivity contribution >= 4 is 6.03 Å². The summed E-state index contributed by atoms with van der Waals surface area (Å²) in [6.07, 6.45) is -1.84. The standard InChI is InChI=1S/C6H12N2O6/c1-5(2)3(9)7(13)4(10)8(14)6(5,11)12/h3,9,11-14H,1-2H3. The predicted octanol–water partition coefficient (Wildman–Crippen LogP) is -1.51. The molecule has 1 fully saturated rings. The number of urea groups is 1. The summed E-state index contributed by atoms with van der Waals surface area (Å²) in [4.78, 5) is 10.9. The van der Waals surface area contributed by atoms with E-state index >= 15 is 0 Å². The van der Waals surface area contributed by atoms with E-state index in [2.05, 4.69) is 0 Å². The molecule has 82 valence electrons. The molecule has 1 heterocycles. The zero-order valence-electron chi connectivity index (χ0n) is 7.62. The van der Waals surface area contributed by atoms with E-state index in [9.17, 15) is 20.1 Å². The molecule has 1 saturated heterocycles. The molecule has 14 heavy (non-hydrogen) atoms. The van der Waals surface area contributed by atoms with Crippen molar-refractivity contribution in [1.29, 1.82) is 0 Å². The molecule has 0 aliphatic carbocycles. The second-order valence-electron chi connectivity index (χ2n) is 3.67. The minimum absolute atomic E-state index is 0.190. The number of hydrogen-bond donors (Lipinski definition) is 5. The summed E-state index contributed by atoms with van der Waals surface area (Å²) in [7, 11) is 0. The SMILES string of the molecule is CC1(C)C(O)N(O)C(=O)N(O)C1(O)O. The number of nitrogens with zero attached hydrogens (tertiary/aromatic N) is 2. The molecule has 0 saturated carbocycles. The maximum atomic E-state index is 10.9. The first kappa shape index (κ1) is 11.1. The number of hydrogen-bond acceptors (Lipinski definition) is 6. The lowest BCUT2D eigenvalue weighted by molar-refractivity contribution is -0.434. The first-order valence-electron chi connectivity index (χ1n) is 3.78. The molecule has 1 aliphatic heterocycles. The van der Waals surface area contributed by atoms with Gasteiger partial charge in [0.15, 0.2) is 6.23 Å². The summed E-state index contributed by atoms with van der Waals surface area (Å²) in [6, 6.07) is -1.53. The molecule has 8 nitrogen and oxygen atoms in total. The third-order valence-corrected chi connectivity index (χ3v) is 2.41. The van der Waals surface area contributed by atoms with Gasteiger partial charge in [-0.1, -0.05) is 0 Å². The zero-order chi connectivity index (χ0) is 11.3. The lowest BCUT2D eigenvalue weighted by atomic mass is 9.84. The summed E-state index contributed by atoms with van der Waals surface area (Å²) in [5, 5.41) is 45.4. The van der Waals surface area contributed by atoms with Crippen LogP contribution in [0.25, 0.3) is 0 Å². The van der Waals surface area contributed by atoms with Gasteiger partial charge in [-0.05, 0) is 13.8 Å². The van der Waals surface area contributed by atoms with Crippen molar-refractivity contribution in [3.8, 4) is 0 Å². The summed E-state index contributed by atoms with van der Waals surface area (Å²) in [6.45, 7) is 2.30. The van der Waals surface area contributed by atoms with Crippen LogP contribution in [-0.2, 0) is 0 Å². The molecule has 1 atom stereocenters. The van der Waals surface area contributed by atoms with Gasteiger partial charge in [0.05, 0.1) is 5.41 Å². The summed E-state index contributed by atoms with van der Waals surface area (Å²) >= 11 is 0. The Kier molecular flexibility index (Phi) is 2.21. The van der Waals surface area contributed by atoms with Crippen LogP contribution in [0.15, 0.2) is 0 Å². The van der Waals surface area contributed by atoms with E-state index in [1.54, 1.807) is 0 Å². The maximum Gasteiger partial charge on any atom is 0.374 e. The van der Waals surface area contributed by atoms with E-state index in [0.717, 1.165) is 13.8 Å². The molecule has 0 aromatic rings. The fraction of sp³-hybridized carbons (Fsp3) is 0.833. The Balaban J connectivity index is 3.17. The molecule has 8 heteroatoms. The van der Waals surface area contributed by atoms with Crippen LogP contribution in [0, 0.1) is 5.41 Å². The molecular weight excluding hydrogens is 196 g/mol. The van der Waals surface area contributed by atoms with Crippen LogP contribution in [-0.4, -0.2) is 54.0 Å². The van der Waals surface area contributed by atoms with Gasteiger partial charge in [-0.25, -0.2) is 4.79 Å². The number of amides is 2. The van der Waals surface area contributed by atoms with Crippen molar-refractivity contribution in [3.63, 3.8) is 0 Å². The molecule has 1 aliphatic rings. The van der Waals surface area contributed by atoms with E-state index in [4.69, 9.17) is 10.4 Å². The molecule has 0 radical (unpaired) electrons. The summed E-state index contributed by atoms with van der Waals surface area (Å²) < 4.78 is 0. The first-order chi connectivity index (χ1) is 6.14. The van der Waals surface area contributed by atoms with Gasteiger partial charge in [-0.3, -0.25) is 10.4 Å². The highest BCUT2D eigenvalue weighted by Gasteiger charge is 2.61. The van der Waals surface area contributed by atoms with Crippen molar-refractivity contribution in [2.75, 3.05) is 0 Å². The minimum Gasteiger partial charge on any atom is -0.370 e. The van der Waals surface area contributed by atoms with Crippen LogP contribution in [0.4, 0.5) is 4.79 Å². The quantitative estimate of drug-likeness (QED) is 0.243. The Labute approximate surface area is 79.1 Å². The second-order valence-corrected chi connectivity index (χ2v) is 3.67. The number of aliphatic hydroxyl groups excluding tert-OH is 1. The number of rotatable bonds is 0. The average Bonchev–Trinajstić information content (AvgIpc) is 2.10. The average molecular weight is 208 g/mol. The van der Waals surface area contributed by atoms with Crippen molar-refractivity contribution in [2.45, 2.75) is 26.0 Å². The van der Waals surface area contributed by atoms with E-state index in [-0.39, 0.29) is 5.06 Å². The number of carbonyl (C=O) groups excluding carboxylic acids is 1. The number of hydroxylamine groups is 4. The van der Waals surface area contributed by atoms with Crippen molar-refractivity contribution in [1.82, 2.24) is 10.1 Å². The third kappa shape index (κ3) is 1.09. The van der Waals surface area contributed by atoms with Gasteiger partial charge in [-0.2, -0.15) is 5.06 Å². The van der Waals surface area contributed by atoms with Gasteiger partial charge in [-0.15, -0.1) is 5.06 Å². The Bertz CT molecular complexity index is 265. The smallest absolute Gasteiger partial charge is 0.370 e. The van der Waals surface area contributed by atoms with Gasteiger partial charge < -0.3 is 15.3 Å². The Hall–Kier alpha value is -0.930. The van der Waals surface area contributed by atoms with Crippen LogP contribution in [0.1, 0.15) is 13.8 Å². The van der Waals surface area contributed by atoms with E-state index < -0.39 is 28.6 Å². The molecular formula is C6H12N2O6. The van der Waals surface area contributed by atoms with Gasteiger partial charge >= 0.3 is 6.03 Å². The Morgan fingerprint density at radius 2 is 1.71 bits per heavy atom. The van der Waals surface area contributed by atoms with Gasteiger partial charge in [0.25, 0.3) is 5.91 Å². The molecule has 0 bridgehead atoms. The first-order valence-corrected chi connectivity index (χ1v) is 3.78. The molecule has 5 N–H and O–H groups in total. The second kappa shape index (κ2) is 2.78. The highest BCUT2D eigenvalue weighted by molar-refractivity contribution is 5.73. The molecule has 0 spiro atoms. The van der Waals surface area contributed by atoms with Crippen molar-refractivity contribution in [3.05, 3.63) is 0 Å². The van der Waals surface area contributed by atoms with Crippen molar-refractivity contribution in [2.24, 2.45) is 5.41 Å². The van der Waals surface area contributed by atoms with E-state index in [0.29, 0.717) is 0 Å². The summed E-state index contributed by atoms with van der Waals surface area (Å²) in [5.74, 6) is -2.96. The molecule has 1 unspecified atom stereocenters. The zero-order valence-corrected chi connectivity index (χ0v) is 7.62. The number of aliphatic hydroxyl groups is 3. The highest BCUT2D eigenvalue weighted by atomic mass is 16.7. The summed E-state index contributed by atoms with van der Waals surface area (Å²) in [5.41, 5.74) is -1.75. The van der Waals surface area contributed by atoms with E-state index in [1.807, 2.05) is 0 Å². The van der Waals surface area contributed by atoms with Crippen LogP contribution in [0.3, 0.4) is 0 Å². The van der Waals surface area contributed by atoms with Crippen LogP contribution in [0.5, 0.6) is 0 Å². The molecule has 2 amide bonds. The van der Waals surface area contributed by atoms with Crippen molar-refractivity contribution < 1.29 is 30.5 Å². The van der Waals surface area contributed by atoms with Gasteiger partial charge in [0.1, 0.15) is 0 Å². The Morgan fingerprint density at radius 1 is 1.29 bits per heavy atom. The highest BCUT2D eigenvalue weighted by Crippen LogP contribution is 2.39. The fourth-order valence-corrected chi connectivity index (χ4v) is 1.09. The minimum atomic E-state index is -2.96. The number of carbonyl (C=O) groups is 1. The predicted molar refractivity (Wildman–Crippen MR) is 39.6 cm³/mol. The van der Waals surface area contributed by atoms with Gasteiger partial charge in [0.2, 0.25) is 0 Å². The van der Waals surface area contributed by atoms with Crippen LogP contribution < -0.4 is 0 Å². The normalized spacial score (nSPS) is 30.8. The van der Waals surface area contributed by atoms with Crippen LogP contribution >= 0.6 is 0 Å². The molecule has 0 aromatic carbocycles. The third-order valence-electron chi connectivity index (χ3n) is 2.41. The largest absolute Gasteiger partial charge is 0.374 e. The molecule has 1 rings (SSSR count). The topological polar surface area (TPSA) is 125 Å². The maximum absolute atomic E-state index is 10.9. The Morgan fingerprint density at radius 3 is 2.14 bits per heavy atom.